The van der Waals surface area contributed by atoms with Crippen molar-refractivity contribution < 1.29 is 14.4 Å². The number of urea groups is 1. The molecule has 29 heavy (non-hydrogen) atoms. The number of aromatic nitrogens is 1. The Morgan fingerprint density at radius 2 is 1.83 bits per heavy atom. The van der Waals surface area contributed by atoms with Gasteiger partial charge >= 0.3 is 6.03 Å². The Balaban J connectivity index is 1.52. The number of primary amides is 1. The summed E-state index contributed by atoms with van der Waals surface area (Å²) in [5, 5.41) is 2.93. The molecule has 0 spiro atoms. The van der Waals surface area contributed by atoms with Gasteiger partial charge in [0.25, 0.3) is 0 Å². The zero-order chi connectivity index (χ0) is 21.0. The van der Waals surface area contributed by atoms with Crippen LogP contribution in [0.1, 0.15) is 25.7 Å². The summed E-state index contributed by atoms with van der Waals surface area (Å²) in [7, 11) is 3.46. The van der Waals surface area contributed by atoms with Crippen molar-refractivity contribution in [3.63, 3.8) is 0 Å². The number of anilines is 2. The fourth-order valence-electron chi connectivity index (χ4n) is 3.92. The van der Waals surface area contributed by atoms with Gasteiger partial charge in [-0.15, -0.1) is 0 Å². The first-order valence-electron chi connectivity index (χ1n) is 10.1. The lowest BCUT2D eigenvalue weighted by Crippen LogP contribution is -2.45. The van der Waals surface area contributed by atoms with E-state index in [0.29, 0.717) is 38.2 Å². The van der Waals surface area contributed by atoms with E-state index in [-0.39, 0.29) is 29.7 Å². The molecule has 1 aromatic rings. The zero-order valence-corrected chi connectivity index (χ0v) is 17.1. The number of nitrogens with zero attached hydrogens (tertiary/aromatic N) is 4. The van der Waals surface area contributed by atoms with E-state index in [1.807, 2.05) is 12.1 Å². The third-order valence-electron chi connectivity index (χ3n) is 5.68. The van der Waals surface area contributed by atoms with Crippen LogP contribution in [0.4, 0.5) is 16.3 Å². The molecular weight excluding hydrogens is 372 g/mol. The van der Waals surface area contributed by atoms with E-state index in [0.717, 1.165) is 25.2 Å². The minimum atomic E-state index is -0.267. The van der Waals surface area contributed by atoms with E-state index in [1.165, 1.54) is 0 Å². The molecule has 1 unspecified atom stereocenters. The molecule has 1 aromatic heterocycles. The summed E-state index contributed by atoms with van der Waals surface area (Å²) in [6.45, 7) is 2.59. The fourth-order valence-corrected chi connectivity index (χ4v) is 3.92. The van der Waals surface area contributed by atoms with Gasteiger partial charge in [0.2, 0.25) is 11.8 Å². The van der Waals surface area contributed by atoms with Crippen molar-refractivity contribution in [2.75, 3.05) is 50.5 Å². The fraction of sp³-hybridized carbons (Fsp3) is 0.600. The van der Waals surface area contributed by atoms with Gasteiger partial charge in [0.1, 0.15) is 5.82 Å². The second-order valence-corrected chi connectivity index (χ2v) is 8.02. The highest BCUT2D eigenvalue weighted by Crippen LogP contribution is 2.24. The van der Waals surface area contributed by atoms with Crippen LogP contribution in [0.25, 0.3) is 0 Å². The van der Waals surface area contributed by atoms with Crippen LogP contribution >= 0.6 is 0 Å². The Morgan fingerprint density at radius 1 is 1.10 bits per heavy atom. The van der Waals surface area contributed by atoms with E-state index in [9.17, 15) is 14.4 Å². The smallest absolute Gasteiger partial charge is 0.319 e. The Morgan fingerprint density at radius 3 is 2.41 bits per heavy atom. The normalized spacial score (nSPS) is 20.3. The standard InChI is InChI=1S/C20H30N6O3/c1-24(2)20(29)25-10-7-14(8-11-25)19(28)23-16-5-6-17(22-12-16)26-9-3-4-15(13-26)18(21)27/h5-6,12,14-15H,3-4,7-11,13H2,1-2H3,(H2,21,27)(H,23,28). The molecule has 9 nitrogen and oxygen atoms in total. The van der Waals surface area contributed by atoms with Crippen molar-refractivity contribution in [1.82, 2.24) is 14.8 Å². The van der Waals surface area contributed by atoms with E-state index in [2.05, 4.69) is 15.2 Å². The average molecular weight is 402 g/mol. The summed E-state index contributed by atoms with van der Waals surface area (Å²) < 4.78 is 0. The molecular formula is C20H30N6O3. The predicted molar refractivity (Wildman–Crippen MR) is 110 cm³/mol. The summed E-state index contributed by atoms with van der Waals surface area (Å²) in [4.78, 5) is 45.9. The van der Waals surface area contributed by atoms with Crippen LogP contribution in [0.5, 0.6) is 0 Å². The number of rotatable bonds is 4. The van der Waals surface area contributed by atoms with Crippen molar-refractivity contribution in [2.45, 2.75) is 25.7 Å². The van der Waals surface area contributed by atoms with Crippen LogP contribution in [-0.4, -0.2) is 72.9 Å². The summed E-state index contributed by atoms with van der Waals surface area (Å²) in [6, 6.07) is 3.68. The van der Waals surface area contributed by atoms with Gasteiger partial charge in [0.15, 0.2) is 0 Å². The molecule has 158 valence electrons. The number of carbonyl (C=O) groups excluding carboxylic acids is 3. The number of amides is 4. The minimum absolute atomic E-state index is 0.0139. The van der Waals surface area contributed by atoms with Gasteiger partial charge in [-0.2, -0.15) is 0 Å². The Kier molecular flexibility index (Phi) is 6.56. The minimum Gasteiger partial charge on any atom is -0.369 e. The number of carbonyl (C=O) groups is 3. The largest absolute Gasteiger partial charge is 0.369 e. The number of nitrogens with one attached hydrogen (secondary N) is 1. The molecule has 2 fully saturated rings. The second kappa shape index (κ2) is 9.11. The number of hydrogen-bond donors (Lipinski definition) is 2. The topological polar surface area (TPSA) is 112 Å². The van der Waals surface area contributed by atoms with Gasteiger partial charge in [-0.3, -0.25) is 9.59 Å². The monoisotopic (exact) mass is 402 g/mol. The maximum atomic E-state index is 12.6. The summed E-state index contributed by atoms with van der Waals surface area (Å²) in [6.07, 6.45) is 4.67. The molecule has 9 heteroatoms. The second-order valence-electron chi connectivity index (χ2n) is 8.02. The average Bonchev–Trinajstić information content (AvgIpc) is 2.73. The Bertz CT molecular complexity index is 743. The SMILES string of the molecule is CN(C)C(=O)N1CCC(C(=O)Nc2ccc(N3CCCC(C(N)=O)C3)nc2)CC1. The molecule has 1 atom stereocenters. The van der Waals surface area contributed by atoms with Crippen molar-refractivity contribution in [2.24, 2.45) is 17.6 Å². The number of piperidine rings is 2. The van der Waals surface area contributed by atoms with Gasteiger partial charge in [-0.05, 0) is 37.8 Å². The summed E-state index contributed by atoms with van der Waals surface area (Å²) >= 11 is 0. The van der Waals surface area contributed by atoms with Crippen LogP contribution in [-0.2, 0) is 9.59 Å². The van der Waals surface area contributed by atoms with Gasteiger partial charge in [0.05, 0.1) is 17.8 Å². The van der Waals surface area contributed by atoms with Gasteiger partial charge in [-0.25, -0.2) is 9.78 Å². The lowest BCUT2D eigenvalue weighted by atomic mass is 9.96. The van der Waals surface area contributed by atoms with Crippen LogP contribution in [0.2, 0.25) is 0 Å². The van der Waals surface area contributed by atoms with Crippen molar-refractivity contribution in [3.8, 4) is 0 Å². The predicted octanol–water partition coefficient (Wildman–Crippen LogP) is 1.12. The molecule has 4 amide bonds. The first kappa shape index (κ1) is 20.9. The highest BCUT2D eigenvalue weighted by molar-refractivity contribution is 5.92. The maximum Gasteiger partial charge on any atom is 0.319 e. The lowest BCUT2D eigenvalue weighted by Gasteiger charge is -2.33. The molecule has 3 heterocycles. The maximum absolute atomic E-state index is 12.6. The quantitative estimate of drug-likeness (QED) is 0.784. The van der Waals surface area contributed by atoms with Crippen LogP contribution in [0.15, 0.2) is 18.3 Å². The number of hydrogen-bond acceptors (Lipinski definition) is 5. The molecule has 3 rings (SSSR count). The number of likely N-dealkylation sites (tertiary alicyclic amines) is 1. The molecule has 0 aliphatic carbocycles. The first-order chi connectivity index (χ1) is 13.8. The summed E-state index contributed by atoms with van der Waals surface area (Å²) in [5.74, 6) is 0.221. The zero-order valence-electron chi connectivity index (χ0n) is 17.1. The first-order valence-corrected chi connectivity index (χ1v) is 10.1. The van der Waals surface area contributed by atoms with Crippen molar-refractivity contribution >= 4 is 29.4 Å². The van der Waals surface area contributed by atoms with E-state index in [1.54, 1.807) is 30.1 Å². The van der Waals surface area contributed by atoms with Gasteiger partial charge in [0, 0.05) is 46.2 Å². The molecule has 0 aromatic carbocycles. The molecule has 0 bridgehead atoms. The van der Waals surface area contributed by atoms with Crippen LogP contribution in [0, 0.1) is 11.8 Å². The lowest BCUT2D eigenvalue weighted by molar-refractivity contribution is -0.122. The highest BCUT2D eigenvalue weighted by atomic mass is 16.2. The van der Waals surface area contributed by atoms with Crippen LogP contribution < -0.4 is 16.0 Å². The number of nitrogens with two attached hydrogens (primary N) is 1. The van der Waals surface area contributed by atoms with Gasteiger partial charge < -0.3 is 25.8 Å². The van der Waals surface area contributed by atoms with Crippen LogP contribution in [0.3, 0.4) is 0 Å². The molecule has 2 saturated heterocycles. The molecule has 2 aliphatic heterocycles. The summed E-state index contributed by atoms with van der Waals surface area (Å²) in [5.41, 5.74) is 6.09. The molecule has 0 radical (unpaired) electrons. The Labute approximate surface area is 171 Å². The van der Waals surface area contributed by atoms with Crippen molar-refractivity contribution in [3.05, 3.63) is 18.3 Å². The molecule has 3 N–H and O–H groups in total. The third kappa shape index (κ3) is 5.16. The van der Waals surface area contributed by atoms with E-state index < -0.39 is 0 Å². The highest BCUT2D eigenvalue weighted by Gasteiger charge is 2.28. The molecule has 2 aliphatic rings. The third-order valence-corrected chi connectivity index (χ3v) is 5.68. The van der Waals surface area contributed by atoms with E-state index >= 15 is 0 Å². The van der Waals surface area contributed by atoms with E-state index in [4.69, 9.17) is 5.73 Å². The molecule has 0 saturated carbocycles. The van der Waals surface area contributed by atoms with Crippen molar-refractivity contribution in [1.29, 1.82) is 0 Å². The Hall–Kier alpha value is -2.84. The number of pyridine rings is 1. The van der Waals surface area contributed by atoms with Gasteiger partial charge in [-0.1, -0.05) is 0 Å².